The van der Waals surface area contributed by atoms with Gasteiger partial charge in [0.15, 0.2) is 5.82 Å². The van der Waals surface area contributed by atoms with E-state index in [2.05, 4.69) is 27.4 Å². The topological polar surface area (TPSA) is 55.2 Å². The van der Waals surface area contributed by atoms with E-state index >= 15 is 0 Å². The molecule has 0 atom stereocenters. The van der Waals surface area contributed by atoms with Crippen LogP contribution in [-0.2, 0) is 0 Å². The number of methoxy groups -OCH3 is 1. The van der Waals surface area contributed by atoms with E-state index in [4.69, 9.17) is 17.0 Å². The van der Waals surface area contributed by atoms with Crippen molar-refractivity contribution in [3.63, 3.8) is 0 Å². The van der Waals surface area contributed by atoms with Gasteiger partial charge in [0.05, 0.1) is 13.3 Å². The number of aromatic amines is 1. The fourth-order valence-electron chi connectivity index (χ4n) is 2.99. The van der Waals surface area contributed by atoms with E-state index in [-0.39, 0.29) is 0 Å². The summed E-state index contributed by atoms with van der Waals surface area (Å²) in [5.41, 5.74) is 3.02. The maximum absolute atomic E-state index is 5.53. The molecule has 6 heteroatoms. The first kappa shape index (κ1) is 17.2. The van der Waals surface area contributed by atoms with Crippen LogP contribution in [0.4, 0.5) is 0 Å². The first-order chi connectivity index (χ1) is 13.2. The van der Waals surface area contributed by atoms with Crippen molar-refractivity contribution in [3.05, 3.63) is 76.6 Å². The molecule has 0 spiro atoms. The van der Waals surface area contributed by atoms with Crippen LogP contribution < -0.4 is 4.74 Å². The molecule has 27 heavy (non-hydrogen) atoms. The third kappa shape index (κ3) is 3.27. The van der Waals surface area contributed by atoms with Crippen LogP contribution in [0.2, 0.25) is 0 Å². The molecule has 4 aromatic rings. The van der Waals surface area contributed by atoms with Gasteiger partial charge in [0, 0.05) is 11.1 Å². The molecule has 0 aliphatic heterocycles. The van der Waals surface area contributed by atoms with Crippen LogP contribution in [0.15, 0.2) is 65.8 Å². The highest BCUT2D eigenvalue weighted by atomic mass is 32.1. The Kier molecular flexibility index (Phi) is 4.56. The summed E-state index contributed by atoms with van der Waals surface area (Å²) in [6, 6.07) is 20.2. The Morgan fingerprint density at radius 2 is 1.85 bits per heavy atom. The lowest BCUT2D eigenvalue weighted by Gasteiger charge is -2.08. The fourth-order valence-corrected chi connectivity index (χ4v) is 3.17. The average Bonchev–Trinajstić information content (AvgIpc) is 3.07. The van der Waals surface area contributed by atoms with E-state index in [1.54, 1.807) is 18.0 Å². The quantitative estimate of drug-likeness (QED) is 0.406. The number of benzene rings is 3. The molecule has 0 fully saturated rings. The Morgan fingerprint density at radius 1 is 1.07 bits per heavy atom. The Hall–Kier alpha value is -3.25. The van der Waals surface area contributed by atoms with Gasteiger partial charge in [-0.15, -0.1) is 0 Å². The minimum Gasteiger partial charge on any atom is -0.496 e. The van der Waals surface area contributed by atoms with Crippen molar-refractivity contribution >= 4 is 29.2 Å². The van der Waals surface area contributed by atoms with E-state index < -0.39 is 0 Å². The molecule has 0 aliphatic carbocycles. The number of ether oxygens (including phenoxy) is 1. The largest absolute Gasteiger partial charge is 0.496 e. The molecule has 4 rings (SSSR count). The van der Waals surface area contributed by atoms with Gasteiger partial charge in [0.1, 0.15) is 5.75 Å². The summed E-state index contributed by atoms with van der Waals surface area (Å²) in [5, 5.41) is 13.9. The molecule has 0 saturated carbocycles. The second-order valence-corrected chi connectivity index (χ2v) is 6.56. The molecule has 0 unspecified atom stereocenters. The molecule has 3 aromatic carbocycles. The van der Waals surface area contributed by atoms with Crippen molar-refractivity contribution in [2.24, 2.45) is 5.10 Å². The Balaban J connectivity index is 1.83. The summed E-state index contributed by atoms with van der Waals surface area (Å²) < 4.78 is 7.59. The fraction of sp³-hybridized carbons (Fsp3) is 0.0952. The number of rotatable bonds is 4. The van der Waals surface area contributed by atoms with Gasteiger partial charge < -0.3 is 4.74 Å². The number of aromatic nitrogens is 3. The highest BCUT2D eigenvalue weighted by Gasteiger charge is 2.10. The van der Waals surface area contributed by atoms with Crippen molar-refractivity contribution in [2.45, 2.75) is 6.92 Å². The summed E-state index contributed by atoms with van der Waals surface area (Å²) in [5.74, 6) is 1.42. The van der Waals surface area contributed by atoms with Crippen molar-refractivity contribution in [1.82, 2.24) is 14.9 Å². The molecule has 0 radical (unpaired) electrons. The van der Waals surface area contributed by atoms with Crippen molar-refractivity contribution in [3.8, 4) is 17.1 Å². The number of nitrogens with zero attached hydrogens (tertiary/aromatic N) is 3. The number of hydrogen-bond acceptors (Lipinski definition) is 4. The normalized spacial score (nSPS) is 11.3. The molecular formula is C21H18N4OS. The third-order valence-electron chi connectivity index (χ3n) is 4.41. The molecule has 5 nitrogen and oxygen atoms in total. The molecule has 0 saturated heterocycles. The van der Waals surface area contributed by atoms with E-state index in [1.807, 2.05) is 55.5 Å². The summed E-state index contributed by atoms with van der Waals surface area (Å²) >= 11 is 5.37. The first-order valence-electron chi connectivity index (χ1n) is 8.52. The van der Waals surface area contributed by atoms with Crippen molar-refractivity contribution in [2.75, 3.05) is 7.11 Å². The SMILES string of the molecule is COc1ccc2ccccc2c1C=Nn1c(-c2ccc(C)cc2)n[nH]c1=S. The van der Waals surface area contributed by atoms with E-state index in [1.165, 1.54) is 5.56 Å². The lowest BCUT2D eigenvalue weighted by Crippen LogP contribution is -1.97. The zero-order valence-electron chi connectivity index (χ0n) is 15.0. The molecule has 134 valence electrons. The summed E-state index contributed by atoms with van der Waals surface area (Å²) in [7, 11) is 1.66. The highest BCUT2D eigenvalue weighted by molar-refractivity contribution is 7.71. The number of aryl methyl sites for hydroxylation is 1. The zero-order chi connectivity index (χ0) is 18.8. The highest BCUT2D eigenvalue weighted by Crippen LogP contribution is 2.26. The molecule has 0 aliphatic rings. The van der Waals surface area contributed by atoms with Gasteiger partial charge in [0.2, 0.25) is 4.77 Å². The van der Waals surface area contributed by atoms with Crippen LogP contribution in [0.25, 0.3) is 22.2 Å². The van der Waals surface area contributed by atoms with Gasteiger partial charge in [0.25, 0.3) is 0 Å². The predicted octanol–water partition coefficient (Wildman–Crippen LogP) is 4.96. The van der Waals surface area contributed by atoms with Crippen LogP contribution in [0.1, 0.15) is 11.1 Å². The molecular weight excluding hydrogens is 356 g/mol. The third-order valence-corrected chi connectivity index (χ3v) is 4.68. The summed E-state index contributed by atoms with van der Waals surface area (Å²) in [6.07, 6.45) is 1.77. The van der Waals surface area contributed by atoms with E-state index in [9.17, 15) is 0 Å². The second-order valence-electron chi connectivity index (χ2n) is 6.18. The maximum Gasteiger partial charge on any atom is 0.216 e. The van der Waals surface area contributed by atoms with Gasteiger partial charge in [-0.25, -0.2) is 5.10 Å². The minimum atomic E-state index is 0.432. The number of H-pyrrole nitrogens is 1. The van der Waals surface area contributed by atoms with Crippen LogP contribution in [0, 0.1) is 11.7 Å². The zero-order valence-corrected chi connectivity index (χ0v) is 15.8. The van der Waals surface area contributed by atoms with Crippen LogP contribution >= 0.6 is 12.2 Å². The van der Waals surface area contributed by atoms with Gasteiger partial charge in [-0.2, -0.15) is 14.9 Å². The van der Waals surface area contributed by atoms with Crippen molar-refractivity contribution < 1.29 is 4.74 Å². The molecule has 1 heterocycles. The van der Waals surface area contributed by atoms with Crippen LogP contribution in [-0.4, -0.2) is 28.2 Å². The molecule has 1 N–H and O–H groups in total. The Bertz CT molecular complexity index is 1190. The predicted molar refractivity (Wildman–Crippen MR) is 111 cm³/mol. The summed E-state index contributed by atoms with van der Waals surface area (Å²) in [4.78, 5) is 0. The Labute approximate surface area is 161 Å². The maximum atomic E-state index is 5.53. The number of nitrogens with one attached hydrogen (secondary N) is 1. The van der Waals surface area contributed by atoms with Gasteiger partial charge >= 0.3 is 0 Å². The number of fused-ring (bicyclic) bond motifs is 1. The van der Waals surface area contributed by atoms with E-state index in [0.717, 1.165) is 27.6 Å². The lowest BCUT2D eigenvalue weighted by molar-refractivity contribution is 0.415. The van der Waals surface area contributed by atoms with Crippen molar-refractivity contribution in [1.29, 1.82) is 0 Å². The van der Waals surface area contributed by atoms with Crippen LogP contribution in [0.5, 0.6) is 5.75 Å². The van der Waals surface area contributed by atoms with Gasteiger partial charge in [-0.3, -0.25) is 0 Å². The molecule has 1 aromatic heterocycles. The first-order valence-corrected chi connectivity index (χ1v) is 8.93. The van der Waals surface area contributed by atoms with E-state index in [0.29, 0.717) is 10.6 Å². The number of hydrogen-bond donors (Lipinski definition) is 1. The molecule has 0 amide bonds. The second kappa shape index (κ2) is 7.17. The van der Waals surface area contributed by atoms with Gasteiger partial charge in [-0.1, -0.05) is 60.2 Å². The smallest absolute Gasteiger partial charge is 0.216 e. The summed E-state index contributed by atoms with van der Waals surface area (Å²) in [6.45, 7) is 2.05. The van der Waals surface area contributed by atoms with Gasteiger partial charge in [-0.05, 0) is 36.0 Å². The standard InChI is InChI=1S/C21H18N4OS/c1-14-7-9-16(10-8-14)20-23-24-21(27)25(20)22-13-18-17-6-4-3-5-15(17)11-12-19(18)26-2/h3-13H,1-2H3,(H,24,27). The average molecular weight is 374 g/mol. The van der Waals surface area contributed by atoms with Crippen LogP contribution in [0.3, 0.4) is 0 Å². The monoisotopic (exact) mass is 374 g/mol. The minimum absolute atomic E-state index is 0.432. The molecule has 0 bridgehead atoms. The Morgan fingerprint density at radius 3 is 2.63 bits per heavy atom. The lowest BCUT2D eigenvalue weighted by atomic mass is 10.0.